The van der Waals surface area contributed by atoms with Crippen LogP contribution in [0.1, 0.15) is 52.0 Å². The van der Waals surface area contributed by atoms with E-state index in [2.05, 4.69) is 0 Å². The Bertz CT molecular complexity index is 659. The number of allylic oxidation sites excluding steroid dienone is 4. The van der Waals surface area contributed by atoms with Gasteiger partial charge in [-0.15, -0.1) is 0 Å². The van der Waals surface area contributed by atoms with Crippen molar-refractivity contribution in [1.82, 2.24) is 0 Å². The third-order valence-electron chi connectivity index (χ3n) is 5.28. The summed E-state index contributed by atoms with van der Waals surface area (Å²) in [5.74, 6) is 1.01. The van der Waals surface area contributed by atoms with Crippen molar-refractivity contribution in [2.45, 2.75) is 58.7 Å². The van der Waals surface area contributed by atoms with Gasteiger partial charge in [0.25, 0.3) is 0 Å². The third kappa shape index (κ3) is 6.96. The number of Topliss-reactive ketones (excluding diaryl/α,β-unsaturated/α-hetero) is 1. The van der Waals surface area contributed by atoms with Gasteiger partial charge in [-0.1, -0.05) is 37.3 Å². The molecule has 1 aromatic rings. The summed E-state index contributed by atoms with van der Waals surface area (Å²) in [4.78, 5) is 11.3. The minimum Gasteiger partial charge on any atom is -0.490 e. The van der Waals surface area contributed by atoms with E-state index in [4.69, 9.17) is 4.74 Å². The van der Waals surface area contributed by atoms with Gasteiger partial charge in [-0.25, -0.2) is 0 Å². The second-order valence-electron chi connectivity index (χ2n) is 7.65. The number of aliphatic hydroxyl groups excluding tert-OH is 2. The number of rotatable bonds is 7. The van der Waals surface area contributed by atoms with Crippen molar-refractivity contribution in [1.29, 1.82) is 0 Å². The van der Waals surface area contributed by atoms with Crippen molar-refractivity contribution in [3.8, 4) is 5.75 Å². The highest BCUT2D eigenvalue weighted by atomic mass is 16.5. The van der Waals surface area contributed by atoms with Crippen LogP contribution in [0.25, 0.3) is 5.57 Å². The minimum absolute atomic E-state index is 0.0257. The summed E-state index contributed by atoms with van der Waals surface area (Å²) in [6.45, 7) is 5.62. The number of benzene rings is 1. The highest BCUT2D eigenvalue weighted by Gasteiger charge is 2.25. The first-order valence-corrected chi connectivity index (χ1v) is 9.80. The van der Waals surface area contributed by atoms with E-state index in [1.807, 2.05) is 56.3 Å². The summed E-state index contributed by atoms with van der Waals surface area (Å²) in [5.41, 5.74) is 2.22. The Morgan fingerprint density at radius 1 is 1.22 bits per heavy atom. The number of ether oxygens (including phenoxy) is 1. The maximum Gasteiger partial charge on any atom is 0.136 e. The maximum absolute atomic E-state index is 11.3. The zero-order valence-electron chi connectivity index (χ0n) is 16.6. The van der Waals surface area contributed by atoms with Gasteiger partial charge >= 0.3 is 0 Å². The lowest BCUT2D eigenvalue weighted by Crippen LogP contribution is -2.20. The lowest BCUT2D eigenvalue weighted by Gasteiger charge is -2.20. The van der Waals surface area contributed by atoms with Crippen molar-refractivity contribution in [2.75, 3.05) is 6.61 Å². The molecule has 2 rings (SSSR count). The molecule has 0 aromatic heterocycles. The smallest absolute Gasteiger partial charge is 0.136 e. The molecule has 4 nitrogen and oxygen atoms in total. The highest BCUT2D eigenvalue weighted by Crippen LogP contribution is 2.27. The monoisotopic (exact) mass is 372 g/mol. The van der Waals surface area contributed by atoms with E-state index in [1.54, 1.807) is 6.92 Å². The molecule has 0 heterocycles. The van der Waals surface area contributed by atoms with E-state index < -0.39 is 0 Å². The van der Waals surface area contributed by atoms with Gasteiger partial charge < -0.3 is 14.9 Å². The molecule has 1 unspecified atom stereocenters. The first-order valence-electron chi connectivity index (χ1n) is 9.80. The van der Waals surface area contributed by atoms with Crippen LogP contribution in [0.4, 0.5) is 0 Å². The molecule has 0 amide bonds. The van der Waals surface area contributed by atoms with Crippen molar-refractivity contribution >= 4 is 11.4 Å². The molecule has 1 aliphatic carbocycles. The lowest BCUT2D eigenvalue weighted by atomic mass is 9.99. The van der Waals surface area contributed by atoms with Gasteiger partial charge in [0.2, 0.25) is 0 Å². The molecule has 1 saturated carbocycles. The number of hydrogen-bond donors (Lipinski definition) is 2. The van der Waals surface area contributed by atoms with E-state index in [0.29, 0.717) is 12.8 Å². The summed E-state index contributed by atoms with van der Waals surface area (Å²) in [7, 11) is 0. The van der Waals surface area contributed by atoms with Crippen LogP contribution in [-0.4, -0.2) is 34.8 Å². The number of hydrogen-bond acceptors (Lipinski definition) is 4. The fraction of sp³-hybridized carbons (Fsp3) is 0.522. The molecule has 1 aromatic carbocycles. The Hall–Kier alpha value is -1.91. The predicted molar refractivity (Wildman–Crippen MR) is 109 cm³/mol. The Morgan fingerprint density at radius 3 is 2.56 bits per heavy atom. The molecule has 0 bridgehead atoms. The van der Waals surface area contributed by atoms with Crippen molar-refractivity contribution in [3.63, 3.8) is 0 Å². The third-order valence-corrected chi connectivity index (χ3v) is 5.28. The Kier molecular flexibility index (Phi) is 8.26. The number of ketones is 1. The molecule has 2 N–H and O–H groups in total. The van der Waals surface area contributed by atoms with Gasteiger partial charge in [-0.2, -0.15) is 0 Å². The molecule has 4 atom stereocenters. The molecule has 1 aliphatic rings. The van der Waals surface area contributed by atoms with Crippen LogP contribution in [-0.2, 0) is 4.79 Å². The van der Waals surface area contributed by atoms with Crippen LogP contribution in [0.3, 0.4) is 0 Å². The molecule has 4 heteroatoms. The van der Waals surface area contributed by atoms with Crippen LogP contribution in [0.2, 0.25) is 0 Å². The SMILES string of the molecule is CC(=O)[C@H](C)/C=C\C=C(/C)c1ccc(OC2CC[C@@H](O)C[C@@H](CO)C2)cc1. The van der Waals surface area contributed by atoms with E-state index in [9.17, 15) is 15.0 Å². The molecule has 0 aliphatic heterocycles. The zero-order chi connectivity index (χ0) is 19.8. The Balaban J connectivity index is 1.97. The fourth-order valence-electron chi connectivity index (χ4n) is 3.31. The Labute approximate surface area is 162 Å². The van der Waals surface area contributed by atoms with Gasteiger partial charge in [0.1, 0.15) is 11.5 Å². The summed E-state index contributed by atoms with van der Waals surface area (Å²) >= 11 is 0. The van der Waals surface area contributed by atoms with Crippen molar-refractivity contribution in [3.05, 3.63) is 48.1 Å². The summed E-state index contributed by atoms with van der Waals surface area (Å²) in [5, 5.41) is 19.4. The van der Waals surface area contributed by atoms with Crippen molar-refractivity contribution in [2.24, 2.45) is 11.8 Å². The molecular weight excluding hydrogens is 340 g/mol. The average molecular weight is 373 g/mol. The van der Waals surface area contributed by atoms with Crippen molar-refractivity contribution < 1.29 is 19.7 Å². The molecule has 1 fully saturated rings. The highest BCUT2D eigenvalue weighted by molar-refractivity contribution is 5.79. The second kappa shape index (κ2) is 10.4. The van der Waals surface area contributed by atoms with E-state index >= 15 is 0 Å². The van der Waals surface area contributed by atoms with Crippen LogP contribution in [0, 0.1) is 11.8 Å². The van der Waals surface area contributed by atoms with Gasteiger partial charge in [-0.05, 0) is 68.7 Å². The van der Waals surface area contributed by atoms with Crippen LogP contribution in [0.15, 0.2) is 42.5 Å². The van der Waals surface area contributed by atoms with Crippen LogP contribution in [0.5, 0.6) is 5.75 Å². The van der Waals surface area contributed by atoms with Gasteiger partial charge in [-0.3, -0.25) is 4.79 Å². The normalized spacial score (nSPS) is 25.2. The fourth-order valence-corrected chi connectivity index (χ4v) is 3.31. The summed E-state index contributed by atoms with van der Waals surface area (Å²) in [6, 6.07) is 7.98. The van der Waals surface area contributed by atoms with Gasteiger partial charge in [0, 0.05) is 12.5 Å². The molecule has 148 valence electrons. The first kappa shape index (κ1) is 21.4. The summed E-state index contributed by atoms with van der Waals surface area (Å²) < 4.78 is 6.10. The minimum atomic E-state index is -0.343. The maximum atomic E-state index is 11.3. The number of carbonyl (C=O) groups is 1. The van der Waals surface area contributed by atoms with Crippen LogP contribution >= 0.6 is 0 Å². The van der Waals surface area contributed by atoms with E-state index in [0.717, 1.165) is 29.7 Å². The molecule has 0 radical (unpaired) electrons. The first-order chi connectivity index (χ1) is 12.9. The standard InChI is InChI=1S/C23H32O4/c1-16(18(3)25)5-4-6-17(2)20-7-10-22(11-8-20)27-23-12-9-21(26)13-19(14-23)15-24/h4-8,10-11,16,19,21,23-24,26H,9,12-15H2,1-3H3/b5-4-,17-6+/t16-,19-,21-,23?/m1/s1. The van der Waals surface area contributed by atoms with E-state index in [-0.39, 0.29) is 36.4 Å². The van der Waals surface area contributed by atoms with Gasteiger partial charge in [0.05, 0.1) is 12.2 Å². The number of aliphatic hydroxyl groups is 2. The molecule has 27 heavy (non-hydrogen) atoms. The molecule has 0 spiro atoms. The Morgan fingerprint density at radius 2 is 1.93 bits per heavy atom. The average Bonchev–Trinajstić information content (AvgIpc) is 2.83. The molecule has 0 saturated heterocycles. The topological polar surface area (TPSA) is 66.8 Å². The number of carbonyl (C=O) groups excluding carboxylic acids is 1. The van der Waals surface area contributed by atoms with Gasteiger partial charge in [0.15, 0.2) is 0 Å². The largest absolute Gasteiger partial charge is 0.490 e. The second-order valence-corrected chi connectivity index (χ2v) is 7.65. The quantitative estimate of drug-likeness (QED) is 0.557. The van der Waals surface area contributed by atoms with Crippen LogP contribution < -0.4 is 4.74 Å². The zero-order valence-corrected chi connectivity index (χ0v) is 16.6. The predicted octanol–water partition coefficient (Wildman–Crippen LogP) is 4.16. The van der Waals surface area contributed by atoms with E-state index in [1.165, 1.54) is 0 Å². The molecular formula is C23H32O4. The lowest BCUT2D eigenvalue weighted by molar-refractivity contribution is -0.118. The summed E-state index contributed by atoms with van der Waals surface area (Å²) in [6.07, 6.45) is 8.46.